The fourth-order valence-corrected chi connectivity index (χ4v) is 2.65. The molecule has 0 aromatic heterocycles. The predicted molar refractivity (Wildman–Crippen MR) is 78.2 cm³/mol. The van der Waals surface area contributed by atoms with Gasteiger partial charge in [-0.25, -0.2) is 0 Å². The molecule has 20 heavy (non-hydrogen) atoms. The predicted octanol–water partition coefficient (Wildman–Crippen LogP) is 2.17. The van der Waals surface area contributed by atoms with Crippen molar-refractivity contribution < 1.29 is 9.66 Å². The molecule has 2 unspecified atom stereocenters. The van der Waals surface area contributed by atoms with Crippen LogP contribution >= 0.6 is 0 Å². The van der Waals surface area contributed by atoms with Crippen molar-refractivity contribution in [3.63, 3.8) is 0 Å². The molecule has 0 bridgehead atoms. The molecule has 0 saturated carbocycles. The molecule has 1 aliphatic rings. The summed E-state index contributed by atoms with van der Waals surface area (Å²) >= 11 is 0. The molecule has 110 valence electrons. The third-order valence-corrected chi connectivity index (χ3v) is 3.89. The van der Waals surface area contributed by atoms with Crippen LogP contribution in [-0.4, -0.2) is 31.2 Å². The lowest BCUT2D eigenvalue weighted by Gasteiger charge is -2.36. The first-order chi connectivity index (χ1) is 9.51. The number of benzene rings is 1. The Labute approximate surface area is 118 Å². The Morgan fingerprint density at radius 1 is 1.50 bits per heavy atom. The number of non-ortho nitro benzene ring substituents is 1. The maximum Gasteiger partial charge on any atom is 0.275 e. The first-order valence-corrected chi connectivity index (χ1v) is 6.85. The van der Waals surface area contributed by atoms with Gasteiger partial charge >= 0.3 is 0 Å². The molecule has 0 aliphatic carbocycles. The average Bonchev–Trinajstić information content (AvgIpc) is 2.46. The van der Waals surface area contributed by atoms with E-state index >= 15 is 0 Å². The summed E-state index contributed by atoms with van der Waals surface area (Å²) in [5.74, 6) is 0.936. The van der Waals surface area contributed by atoms with Crippen molar-refractivity contribution in [3.8, 4) is 5.75 Å². The maximum atomic E-state index is 11.0. The zero-order chi connectivity index (χ0) is 14.7. The van der Waals surface area contributed by atoms with Gasteiger partial charge < -0.3 is 15.4 Å². The topological polar surface area (TPSA) is 81.6 Å². The van der Waals surface area contributed by atoms with Crippen molar-refractivity contribution in [2.75, 3.05) is 25.1 Å². The van der Waals surface area contributed by atoms with Gasteiger partial charge in [0.1, 0.15) is 5.75 Å². The van der Waals surface area contributed by atoms with Crippen LogP contribution in [0.4, 0.5) is 11.4 Å². The molecule has 0 amide bonds. The Morgan fingerprint density at radius 3 is 2.85 bits per heavy atom. The molecule has 6 heteroatoms. The van der Waals surface area contributed by atoms with Crippen LogP contribution in [0.3, 0.4) is 0 Å². The smallest absolute Gasteiger partial charge is 0.275 e. The molecule has 0 radical (unpaired) electrons. The monoisotopic (exact) mass is 279 g/mol. The van der Waals surface area contributed by atoms with Gasteiger partial charge in [0.15, 0.2) is 0 Å². The third-order valence-electron chi connectivity index (χ3n) is 3.89. The Morgan fingerprint density at radius 2 is 2.25 bits per heavy atom. The molecule has 0 spiro atoms. The van der Waals surface area contributed by atoms with Crippen molar-refractivity contribution >= 4 is 11.4 Å². The number of nitrogens with two attached hydrogens (primary N) is 1. The average molecular weight is 279 g/mol. The van der Waals surface area contributed by atoms with Crippen LogP contribution in [0.15, 0.2) is 18.2 Å². The van der Waals surface area contributed by atoms with Gasteiger partial charge in [0.25, 0.3) is 5.69 Å². The largest absolute Gasteiger partial charge is 0.496 e. The number of nitro groups is 1. The van der Waals surface area contributed by atoms with Crippen molar-refractivity contribution in [1.82, 2.24) is 0 Å². The van der Waals surface area contributed by atoms with Crippen LogP contribution in [0.5, 0.6) is 5.75 Å². The van der Waals surface area contributed by atoms with Gasteiger partial charge in [-0.3, -0.25) is 10.1 Å². The fourth-order valence-electron chi connectivity index (χ4n) is 2.65. The highest BCUT2D eigenvalue weighted by atomic mass is 16.6. The normalized spacial score (nSPS) is 20.6. The highest BCUT2D eigenvalue weighted by Crippen LogP contribution is 2.31. The minimum Gasteiger partial charge on any atom is -0.496 e. The number of nitro benzene ring substituents is 1. The number of hydrogen-bond acceptors (Lipinski definition) is 5. The quantitative estimate of drug-likeness (QED) is 0.674. The lowest BCUT2D eigenvalue weighted by Crippen LogP contribution is -2.42. The highest BCUT2D eigenvalue weighted by molar-refractivity contribution is 5.58. The first kappa shape index (κ1) is 14.6. The number of rotatable bonds is 4. The minimum absolute atomic E-state index is 0.0577. The molecule has 1 heterocycles. The number of methoxy groups -OCH3 is 1. The zero-order valence-corrected chi connectivity index (χ0v) is 11.9. The highest BCUT2D eigenvalue weighted by Gasteiger charge is 2.24. The van der Waals surface area contributed by atoms with Gasteiger partial charge in [-0.05, 0) is 25.7 Å². The Kier molecular flexibility index (Phi) is 4.44. The summed E-state index contributed by atoms with van der Waals surface area (Å²) in [4.78, 5) is 12.8. The van der Waals surface area contributed by atoms with Gasteiger partial charge in [-0.15, -0.1) is 0 Å². The lowest BCUT2D eigenvalue weighted by atomic mass is 9.92. The molecule has 2 N–H and O–H groups in total. The number of piperidine rings is 1. The van der Waals surface area contributed by atoms with E-state index in [0.29, 0.717) is 11.7 Å². The van der Waals surface area contributed by atoms with Crippen molar-refractivity contribution in [3.05, 3.63) is 28.3 Å². The molecule has 1 fully saturated rings. The van der Waals surface area contributed by atoms with E-state index in [9.17, 15) is 10.1 Å². The standard InChI is InChI=1S/C14H21N3O3/c1-10(15)11-4-3-5-16(9-11)12-6-13(17(18)19)8-14(7-12)20-2/h6-8,10-11H,3-5,9,15H2,1-2H3. The number of hydrogen-bond donors (Lipinski definition) is 1. The van der Waals surface area contributed by atoms with E-state index in [1.54, 1.807) is 6.07 Å². The van der Waals surface area contributed by atoms with Gasteiger partial charge in [0.2, 0.25) is 0 Å². The van der Waals surface area contributed by atoms with E-state index in [1.807, 2.05) is 13.0 Å². The molecule has 1 aromatic rings. The van der Waals surface area contributed by atoms with E-state index in [4.69, 9.17) is 10.5 Å². The summed E-state index contributed by atoms with van der Waals surface area (Å²) in [7, 11) is 1.52. The third kappa shape index (κ3) is 3.19. The number of ether oxygens (including phenoxy) is 1. The van der Waals surface area contributed by atoms with Gasteiger partial charge in [0.05, 0.1) is 18.1 Å². The molecule has 2 atom stereocenters. The van der Waals surface area contributed by atoms with Gasteiger partial charge in [-0.2, -0.15) is 0 Å². The molecule has 6 nitrogen and oxygen atoms in total. The molecule has 1 saturated heterocycles. The minimum atomic E-state index is -0.390. The van der Waals surface area contributed by atoms with Gasteiger partial charge in [-0.1, -0.05) is 0 Å². The van der Waals surface area contributed by atoms with E-state index in [2.05, 4.69) is 4.90 Å². The summed E-state index contributed by atoms with van der Waals surface area (Å²) in [5, 5.41) is 11.0. The Bertz CT molecular complexity index is 491. The molecular weight excluding hydrogens is 258 g/mol. The van der Waals surface area contributed by atoms with E-state index in [1.165, 1.54) is 13.2 Å². The zero-order valence-electron chi connectivity index (χ0n) is 11.9. The second kappa shape index (κ2) is 6.09. The lowest BCUT2D eigenvalue weighted by molar-refractivity contribution is -0.384. The maximum absolute atomic E-state index is 11.0. The summed E-state index contributed by atoms with van der Waals surface area (Å²) in [6.45, 7) is 3.75. The summed E-state index contributed by atoms with van der Waals surface area (Å²) in [6.07, 6.45) is 2.16. The number of nitrogens with zero attached hydrogens (tertiary/aromatic N) is 2. The van der Waals surface area contributed by atoms with Crippen LogP contribution in [0.25, 0.3) is 0 Å². The van der Waals surface area contributed by atoms with Crippen LogP contribution < -0.4 is 15.4 Å². The van der Waals surface area contributed by atoms with E-state index < -0.39 is 0 Å². The van der Waals surface area contributed by atoms with E-state index in [-0.39, 0.29) is 16.7 Å². The van der Waals surface area contributed by atoms with Crippen molar-refractivity contribution in [2.45, 2.75) is 25.8 Å². The Hall–Kier alpha value is -1.82. The van der Waals surface area contributed by atoms with Gasteiger partial charge in [0, 0.05) is 37.0 Å². The van der Waals surface area contributed by atoms with Crippen LogP contribution in [0.1, 0.15) is 19.8 Å². The van der Waals surface area contributed by atoms with Crippen LogP contribution in [0.2, 0.25) is 0 Å². The molecule has 1 aromatic carbocycles. The second-order valence-corrected chi connectivity index (χ2v) is 5.35. The fraction of sp³-hybridized carbons (Fsp3) is 0.571. The molecular formula is C14H21N3O3. The Balaban J connectivity index is 2.26. The number of anilines is 1. The summed E-state index contributed by atoms with van der Waals surface area (Å²) in [5.41, 5.74) is 6.87. The summed E-state index contributed by atoms with van der Waals surface area (Å²) in [6, 6.07) is 5.03. The summed E-state index contributed by atoms with van der Waals surface area (Å²) < 4.78 is 5.15. The first-order valence-electron chi connectivity index (χ1n) is 6.85. The SMILES string of the molecule is COc1cc(N2CCCC(C(C)N)C2)cc([N+](=O)[O-])c1. The van der Waals surface area contributed by atoms with Crippen molar-refractivity contribution in [1.29, 1.82) is 0 Å². The van der Waals surface area contributed by atoms with Crippen molar-refractivity contribution in [2.24, 2.45) is 11.7 Å². The van der Waals surface area contributed by atoms with Crippen LogP contribution in [-0.2, 0) is 0 Å². The molecule has 2 rings (SSSR count). The molecule has 1 aliphatic heterocycles. The van der Waals surface area contributed by atoms with Crippen LogP contribution in [0, 0.1) is 16.0 Å². The second-order valence-electron chi connectivity index (χ2n) is 5.35. The van der Waals surface area contributed by atoms with E-state index in [0.717, 1.165) is 31.6 Å².